The van der Waals surface area contributed by atoms with Gasteiger partial charge in [-0.1, -0.05) is 27.5 Å². The van der Waals surface area contributed by atoms with Gasteiger partial charge in [-0.2, -0.15) is 0 Å². The van der Waals surface area contributed by atoms with Crippen LogP contribution < -0.4 is 4.74 Å². The van der Waals surface area contributed by atoms with Gasteiger partial charge in [0.1, 0.15) is 5.75 Å². The van der Waals surface area contributed by atoms with Crippen LogP contribution in [0, 0.1) is 0 Å². The van der Waals surface area contributed by atoms with Gasteiger partial charge in [-0.25, -0.2) is 9.78 Å². The number of pyridine rings is 1. The largest absolute Gasteiger partial charge is 0.476 e. The van der Waals surface area contributed by atoms with E-state index >= 15 is 0 Å². The molecule has 4 nitrogen and oxygen atoms in total. The normalized spacial score (nSPS) is 10.3. The van der Waals surface area contributed by atoms with Crippen molar-refractivity contribution in [2.24, 2.45) is 0 Å². The van der Waals surface area contributed by atoms with Gasteiger partial charge in [0.05, 0.1) is 9.50 Å². The van der Waals surface area contributed by atoms with Crippen molar-refractivity contribution in [1.29, 1.82) is 0 Å². The van der Waals surface area contributed by atoms with Gasteiger partial charge in [-0.3, -0.25) is 0 Å². The van der Waals surface area contributed by atoms with Crippen molar-refractivity contribution in [1.82, 2.24) is 4.98 Å². The maximum Gasteiger partial charge on any atom is 0.356 e. The summed E-state index contributed by atoms with van der Waals surface area (Å²) in [7, 11) is 0. The van der Waals surface area contributed by atoms with Crippen LogP contribution in [0.3, 0.4) is 0 Å². The Bertz CT molecular complexity index is 649. The van der Waals surface area contributed by atoms with Crippen LogP contribution in [0.2, 0.25) is 5.02 Å². The summed E-state index contributed by atoms with van der Waals surface area (Å²) < 4.78 is 7.12. The van der Waals surface area contributed by atoms with Gasteiger partial charge in [0.25, 0.3) is 0 Å². The lowest BCUT2D eigenvalue weighted by Gasteiger charge is -2.08. The number of halogens is 3. The summed E-state index contributed by atoms with van der Waals surface area (Å²) in [5, 5.41) is 8.99. The molecule has 1 heterocycles. The monoisotopic (exact) mass is 405 g/mol. The van der Waals surface area contributed by atoms with E-state index < -0.39 is 5.97 Å². The quantitative estimate of drug-likeness (QED) is 0.798. The topological polar surface area (TPSA) is 59.4 Å². The zero-order valence-electron chi connectivity index (χ0n) is 9.23. The van der Waals surface area contributed by atoms with Gasteiger partial charge >= 0.3 is 5.97 Å². The zero-order chi connectivity index (χ0) is 14.0. The van der Waals surface area contributed by atoms with E-state index in [9.17, 15) is 4.79 Å². The van der Waals surface area contributed by atoms with E-state index in [0.29, 0.717) is 5.75 Å². The summed E-state index contributed by atoms with van der Waals surface area (Å²) in [4.78, 5) is 14.8. The molecule has 0 radical (unpaired) electrons. The summed E-state index contributed by atoms with van der Waals surface area (Å²) in [6, 6.07) is 8.27. The molecule has 0 amide bonds. The molecule has 0 fully saturated rings. The number of hydrogen-bond donors (Lipinski definition) is 1. The highest BCUT2D eigenvalue weighted by Gasteiger charge is 2.13. The Balaban J connectivity index is 2.33. The first-order valence-corrected chi connectivity index (χ1v) is 6.96. The Morgan fingerprint density at radius 2 is 2.00 bits per heavy atom. The molecule has 98 valence electrons. The van der Waals surface area contributed by atoms with Crippen LogP contribution in [-0.4, -0.2) is 16.1 Å². The Morgan fingerprint density at radius 1 is 1.26 bits per heavy atom. The van der Waals surface area contributed by atoms with E-state index in [1.165, 1.54) is 12.1 Å². The van der Waals surface area contributed by atoms with Crippen LogP contribution in [0.15, 0.2) is 39.3 Å². The average molecular weight is 407 g/mol. The molecule has 19 heavy (non-hydrogen) atoms. The van der Waals surface area contributed by atoms with E-state index in [0.717, 1.165) is 8.95 Å². The molecular formula is C12H6Br2ClNO3. The molecule has 0 unspecified atom stereocenters. The lowest BCUT2D eigenvalue weighted by Crippen LogP contribution is -2.02. The summed E-state index contributed by atoms with van der Waals surface area (Å²) in [6.45, 7) is 0. The van der Waals surface area contributed by atoms with Gasteiger partial charge in [-0.15, -0.1) is 0 Å². The maximum absolute atomic E-state index is 10.9. The molecule has 0 spiro atoms. The number of nitrogens with zero attached hydrogens (tertiary/aromatic N) is 1. The molecule has 7 heteroatoms. The number of aromatic nitrogens is 1. The standard InChI is InChI=1S/C12H6Br2ClNO3/c13-6-1-3-9(7(14)5-6)19-10-4-2-8(15)11(16-10)12(17)18/h1-5H,(H,17,18). The summed E-state index contributed by atoms with van der Waals surface area (Å²) >= 11 is 12.4. The highest BCUT2D eigenvalue weighted by molar-refractivity contribution is 9.11. The first-order chi connectivity index (χ1) is 8.97. The Labute approximate surface area is 130 Å². The molecule has 0 aliphatic heterocycles. The molecule has 2 aromatic rings. The first-order valence-electron chi connectivity index (χ1n) is 5.00. The molecule has 0 saturated heterocycles. The number of hydrogen-bond acceptors (Lipinski definition) is 3. The number of aromatic carboxylic acids is 1. The van der Waals surface area contributed by atoms with E-state index in [4.69, 9.17) is 21.4 Å². The average Bonchev–Trinajstić information content (AvgIpc) is 2.34. The van der Waals surface area contributed by atoms with Gasteiger partial charge in [-0.05, 0) is 40.2 Å². The highest BCUT2D eigenvalue weighted by atomic mass is 79.9. The molecule has 0 aliphatic carbocycles. The van der Waals surface area contributed by atoms with Crippen LogP contribution in [0.5, 0.6) is 11.6 Å². The summed E-state index contributed by atoms with van der Waals surface area (Å²) in [5.41, 5.74) is -0.243. The number of carboxylic acid groups (broad SMARTS) is 1. The third-order valence-electron chi connectivity index (χ3n) is 2.13. The number of ether oxygens (including phenoxy) is 1. The van der Waals surface area contributed by atoms with Gasteiger partial charge < -0.3 is 9.84 Å². The minimum Gasteiger partial charge on any atom is -0.476 e. The van der Waals surface area contributed by atoms with Crippen LogP contribution in [0.1, 0.15) is 10.5 Å². The van der Waals surface area contributed by atoms with Crippen molar-refractivity contribution in [2.75, 3.05) is 0 Å². The van der Waals surface area contributed by atoms with Crippen LogP contribution in [0.4, 0.5) is 0 Å². The molecule has 0 saturated carbocycles. The van der Waals surface area contributed by atoms with Crippen molar-refractivity contribution >= 4 is 49.4 Å². The second kappa shape index (κ2) is 5.90. The molecule has 1 N–H and O–H groups in total. The third kappa shape index (κ3) is 3.46. The molecule has 1 aromatic heterocycles. The third-order valence-corrected chi connectivity index (χ3v) is 3.55. The van der Waals surface area contributed by atoms with Gasteiger partial charge in [0.2, 0.25) is 5.88 Å². The Hall–Kier alpha value is -1.11. The fraction of sp³-hybridized carbons (Fsp3) is 0. The lowest BCUT2D eigenvalue weighted by molar-refractivity contribution is 0.0690. The van der Waals surface area contributed by atoms with E-state index in [1.54, 1.807) is 12.1 Å². The minimum atomic E-state index is -1.20. The second-order valence-corrected chi connectivity index (χ2v) is 5.64. The fourth-order valence-corrected chi connectivity index (χ4v) is 2.62. The Kier molecular flexibility index (Phi) is 4.44. The van der Waals surface area contributed by atoms with Crippen molar-refractivity contribution in [3.05, 3.63) is 50.0 Å². The van der Waals surface area contributed by atoms with Crippen LogP contribution in [-0.2, 0) is 0 Å². The number of carboxylic acids is 1. The predicted octanol–water partition coefficient (Wildman–Crippen LogP) is 4.75. The molecule has 1 aromatic carbocycles. The molecule has 0 aliphatic rings. The Morgan fingerprint density at radius 3 is 2.63 bits per heavy atom. The van der Waals surface area contributed by atoms with E-state index in [1.807, 2.05) is 6.07 Å². The highest BCUT2D eigenvalue weighted by Crippen LogP contribution is 2.32. The molecule has 2 rings (SSSR count). The van der Waals surface area contributed by atoms with Crippen molar-refractivity contribution in [3.63, 3.8) is 0 Å². The number of carbonyl (C=O) groups is 1. The van der Waals surface area contributed by atoms with Crippen LogP contribution >= 0.6 is 43.5 Å². The minimum absolute atomic E-state index is 0.0646. The molecular weight excluding hydrogens is 401 g/mol. The SMILES string of the molecule is O=C(O)c1nc(Oc2ccc(Br)cc2Br)ccc1Cl. The number of benzene rings is 1. The maximum atomic E-state index is 10.9. The van der Waals surface area contributed by atoms with E-state index in [2.05, 4.69) is 36.8 Å². The lowest BCUT2D eigenvalue weighted by atomic mass is 10.3. The fourth-order valence-electron chi connectivity index (χ4n) is 1.30. The smallest absolute Gasteiger partial charge is 0.356 e. The second-order valence-electron chi connectivity index (χ2n) is 3.46. The van der Waals surface area contributed by atoms with Crippen molar-refractivity contribution in [3.8, 4) is 11.6 Å². The predicted molar refractivity (Wildman–Crippen MR) is 78.1 cm³/mol. The van der Waals surface area contributed by atoms with Crippen molar-refractivity contribution < 1.29 is 14.6 Å². The van der Waals surface area contributed by atoms with Gasteiger partial charge in [0.15, 0.2) is 5.69 Å². The zero-order valence-corrected chi connectivity index (χ0v) is 13.2. The molecule has 0 atom stereocenters. The summed E-state index contributed by atoms with van der Waals surface area (Å²) in [6.07, 6.45) is 0. The molecule has 0 bridgehead atoms. The summed E-state index contributed by atoms with van der Waals surface area (Å²) in [5.74, 6) is -0.524. The van der Waals surface area contributed by atoms with Crippen molar-refractivity contribution in [2.45, 2.75) is 0 Å². The number of rotatable bonds is 3. The van der Waals surface area contributed by atoms with E-state index in [-0.39, 0.29) is 16.6 Å². The van der Waals surface area contributed by atoms with Gasteiger partial charge in [0, 0.05) is 10.5 Å². The first kappa shape index (κ1) is 14.3. The van der Waals surface area contributed by atoms with Crippen LogP contribution in [0.25, 0.3) is 0 Å².